The van der Waals surface area contributed by atoms with Crippen LogP contribution in [0.2, 0.25) is 0 Å². The van der Waals surface area contributed by atoms with Gasteiger partial charge in [0.1, 0.15) is 0 Å². The van der Waals surface area contributed by atoms with E-state index in [4.69, 9.17) is 11.6 Å². The van der Waals surface area contributed by atoms with Gasteiger partial charge >= 0.3 is 0 Å². The fourth-order valence-electron chi connectivity index (χ4n) is 1.91. The van der Waals surface area contributed by atoms with Crippen molar-refractivity contribution < 1.29 is 5.11 Å². The predicted octanol–water partition coefficient (Wildman–Crippen LogP) is 3.07. The third kappa shape index (κ3) is 3.16. The van der Waals surface area contributed by atoms with E-state index < -0.39 is 0 Å². The first kappa shape index (κ1) is 10.1. The molecule has 0 aromatic carbocycles. The van der Waals surface area contributed by atoms with Crippen LogP contribution in [0, 0.1) is 5.92 Å². The summed E-state index contributed by atoms with van der Waals surface area (Å²) >= 11 is 5.64. The largest absolute Gasteiger partial charge is 0.392 e. The minimum atomic E-state index is -0.254. The lowest BCUT2D eigenvalue weighted by Crippen LogP contribution is -2.22. The molecule has 0 heterocycles. The SMILES string of the molecule is C=C(Cl)C[C@@H](O)C1CCCCC1. The van der Waals surface area contributed by atoms with E-state index in [1.54, 1.807) is 0 Å². The van der Waals surface area contributed by atoms with E-state index in [9.17, 15) is 5.11 Å². The lowest BCUT2D eigenvalue weighted by Gasteiger charge is -2.26. The zero-order valence-electron chi connectivity index (χ0n) is 7.43. The van der Waals surface area contributed by atoms with Gasteiger partial charge in [0.2, 0.25) is 0 Å². The van der Waals surface area contributed by atoms with Crippen LogP contribution in [0.4, 0.5) is 0 Å². The molecule has 1 atom stereocenters. The van der Waals surface area contributed by atoms with Crippen molar-refractivity contribution in [1.29, 1.82) is 0 Å². The molecule has 2 heteroatoms. The molecule has 70 valence electrons. The van der Waals surface area contributed by atoms with Crippen molar-refractivity contribution in [2.75, 3.05) is 0 Å². The Morgan fingerprint density at radius 3 is 2.50 bits per heavy atom. The minimum absolute atomic E-state index is 0.254. The summed E-state index contributed by atoms with van der Waals surface area (Å²) in [7, 11) is 0. The van der Waals surface area contributed by atoms with E-state index in [2.05, 4.69) is 6.58 Å². The van der Waals surface area contributed by atoms with Crippen LogP contribution in [-0.4, -0.2) is 11.2 Å². The molecule has 0 aromatic heterocycles. The van der Waals surface area contributed by atoms with Gasteiger partial charge in [-0.15, -0.1) is 0 Å². The van der Waals surface area contributed by atoms with Crippen LogP contribution in [0.3, 0.4) is 0 Å². The molecule has 1 N–H and O–H groups in total. The quantitative estimate of drug-likeness (QED) is 0.722. The van der Waals surface area contributed by atoms with Crippen molar-refractivity contribution in [2.45, 2.75) is 44.6 Å². The molecule has 0 aromatic rings. The molecule has 1 saturated carbocycles. The van der Waals surface area contributed by atoms with Gasteiger partial charge < -0.3 is 5.11 Å². The van der Waals surface area contributed by atoms with Gasteiger partial charge in [-0.05, 0) is 18.8 Å². The van der Waals surface area contributed by atoms with E-state index >= 15 is 0 Å². The zero-order valence-corrected chi connectivity index (χ0v) is 8.19. The Balaban J connectivity index is 2.29. The van der Waals surface area contributed by atoms with Gasteiger partial charge in [0.15, 0.2) is 0 Å². The Labute approximate surface area is 79.4 Å². The standard InChI is InChI=1S/C10H17ClO/c1-8(11)7-10(12)9-5-3-2-4-6-9/h9-10,12H,1-7H2/t10-/m1/s1. The average Bonchev–Trinajstić information content (AvgIpc) is 2.05. The molecule has 0 unspecified atom stereocenters. The highest BCUT2D eigenvalue weighted by molar-refractivity contribution is 6.29. The van der Waals surface area contributed by atoms with Crippen LogP contribution < -0.4 is 0 Å². The molecule has 0 saturated heterocycles. The van der Waals surface area contributed by atoms with Gasteiger partial charge in [0, 0.05) is 11.5 Å². The molecule has 1 rings (SSSR count). The Hall–Kier alpha value is -0.0100. The van der Waals surface area contributed by atoms with Crippen molar-refractivity contribution in [2.24, 2.45) is 5.92 Å². The molecule has 0 radical (unpaired) electrons. The number of halogens is 1. The summed E-state index contributed by atoms with van der Waals surface area (Å²) in [5.74, 6) is 0.467. The molecule has 1 aliphatic rings. The number of hydrogen-bond acceptors (Lipinski definition) is 1. The van der Waals surface area contributed by atoms with Crippen molar-refractivity contribution in [3.63, 3.8) is 0 Å². The smallest absolute Gasteiger partial charge is 0.0617 e. The Morgan fingerprint density at radius 1 is 1.42 bits per heavy atom. The summed E-state index contributed by atoms with van der Waals surface area (Å²) in [4.78, 5) is 0. The van der Waals surface area contributed by atoms with Gasteiger partial charge in [0.05, 0.1) is 6.10 Å². The van der Waals surface area contributed by atoms with E-state index in [0.717, 1.165) is 12.8 Å². The second-order valence-electron chi connectivity index (χ2n) is 3.69. The number of rotatable bonds is 3. The van der Waals surface area contributed by atoms with Crippen LogP contribution in [0.1, 0.15) is 38.5 Å². The topological polar surface area (TPSA) is 20.2 Å². The van der Waals surface area contributed by atoms with Crippen molar-refractivity contribution >= 4 is 11.6 Å². The predicted molar refractivity (Wildman–Crippen MR) is 52.2 cm³/mol. The molecule has 12 heavy (non-hydrogen) atoms. The van der Waals surface area contributed by atoms with E-state index in [1.165, 1.54) is 19.3 Å². The van der Waals surface area contributed by atoms with Crippen LogP contribution in [0.25, 0.3) is 0 Å². The van der Waals surface area contributed by atoms with Gasteiger partial charge in [-0.25, -0.2) is 0 Å². The molecule has 0 aliphatic heterocycles. The first-order chi connectivity index (χ1) is 5.70. The maximum atomic E-state index is 9.70. The second-order valence-corrected chi connectivity index (χ2v) is 4.22. The molecule has 0 bridgehead atoms. The Kier molecular flexibility index (Phi) is 4.10. The van der Waals surface area contributed by atoms with Gasteiger partial charge in [-0.1, -0.05) is 37.4 Å². The molecule has 1 nitrogen and oxygen atoms in total. The first-order valence-electron chi connectivity index (χ1n) is 4.71. The Bertz CT molecular complexity index is 150. The summed E-state index contributed by atoms with van der Waals surface area (Å²) in [6.07, 6.45) is 6.47. The molecule has 0 amide bonds. The summed E-state index contributed by atoms with van der Waals surface area (Å²) < 4.78 is 0. The first-order valence-corrected chi connectivity index (χ1v) is 5.09. The second kappa shape index (κ2) is 4.88. The maximum absolute atomic E-state index is 9.70. The lowest BCUT2D eigenvalue weighted by molar-refractivity contribution is 0.0866. The van der Waals surface area contributed by atoms with Crippen LogP contribution in [-0.2, 0) is 0 Å². The highest BCUT2D eigenvalue weighted by Gasteiger charge is 2.21. The fraction of sp³-hybridized carbons (Fsp3) is 0.800. The van der Waals surface area contributed by atoms with E-state index in [1.807, 2.05) is 0 Å². The molecule has 1 fully saturated rings. The maximum Gasteiger partial charge on any atom is 0.0617 e. The zero-order chi connectivity index (χ0) is 8.97. The monoisotopic (exact) mass is 188 g/mol. The molecule has 1 aliphatic carbocycles. The van der Waals surface area contributed by atoms with Crippen molar-refractivity contribution in [3.8, 4) is 0 Å². The van der Waals surface area contributed by atoms with Crippen molar-refractivity contribution in [1.82, 2.24) is 0 Å². The van der Waals surface area contributed by atoms with Gasteiger partial charge in [0.25, 0.3) is 0 Å². The average molecular weight is 189 g/mol. The summed E-state index contributed by atoms with van der Waals surface area (Å²) in [5, 5.41) is 10.3. The third-order valence-corrected chi connectivity index (χ3v) is 2.78. The molecule has 0 spiro atoms. The van der Waals surface area contributed by atoms with Crippen molar-refractivity contribution in [3.05, 3.63) is 11.6 Å². The summed E-state index contributed by atoms with van der Waals surface area (Å²) in [6, 6.07) is 0. The molecular weight excluding hydrogens is 172 g/mol. The summed E-state index contributed by atoms with van der Waals surface area (Å²) in [6.45, 7) is 3.60. The summed E-state index contributed by atoms with van der Waals surface area (Å²) in [5.41, 5.74) is 0. The van der Waals surface area contributed by atoms with E-state index in [-0.39, 0.29) is 6.10 Å². The lowest BCUT2D eigenvalue weighted by atomic mass is 9.84. The fourth-order valence-corrected chi connectivity index (χ4v) is 2.07. The number of aliphatic hydroxyl groups is 1. The van der Waals surface area contributed by atoms with Crippen LogP contribution in [0.5, 0.6) is 0 Å². The normalized spacial score (nSPS) is 22.2. The number of hydrogen-bond donors (Lipinski definition) is 1. The highest BCUT2D eigenvalue weighted by Crippen LogP contribution is 2.29. The third-order valence-electron chi connectivity index (χ3n) is 2.62. The minimum Gasteiger partial charge on any atom is -0.392 e. The van der Waals surface area contributed by atoms with Gasteiger partial charge in [-0.3, -0.25) is 0 Å². The highest BCUT2D eigenvalue weighted by atomic mass is 35.5. The van der Waals surface area contributed by atoms with Crippen LogP contribution >= 0.6 is 11.6 Å². The van der Waals surface area contributed by atoms with Crippen LogP contribution in [0.15, 0.2) is 11.6 Å². The Morgan fingerprint density at radius 2 is 2.00 bits per heavy atom. The van der Waals surface area contributed by atoms with Gasteiger partial charge in [-0.2, -0.15) is 0 Å². The molecular formula is C10H17ClO. The van der Waals surface area contributed by atoms with E-state index in [0.29, 0.717) is 17.4 Å². The number of aliphatic hydroxyl groups excluding tert-OH is 1.